The van der Waals surface area contributed by atoms with Crippen molar-refractivity contribution in [2.75, 3.05) is 11.9 Å². The van der Waals surface area contributed by atoms with Crippen molar-refractivity contribution < 1.29 is 9.90 Å². The van der Waals surface area contributed by atoms with E-state index in [2.05, 4.69) is 10.3 Å². The van der Waals surface area contributed by atoms with Crippen molar-refractivity contribution in [1.29, 1.82) is 5.26 Å². The van der Waals surface area contributed by atoms with Crippen LogP contribution in [-0.2, 0) is 11.3 Å². The number of anilines is 1. The molecule has 0 fully saturated rings. The Morgan fingerprint density at radius 1 is 1.29 bits per heavy atom. The molecule has 0 aliphatic heterocycles. The van der Waals surface area contributed by atoms with E-state index in [1.165, 1.54) is 4.57 Å². The molecule has 2 aromatic carbocycles. The first-order chi connectivity index (χ1) is 13.5. The van der Waals surface area contributed by atoms with Gasteiger partial charge in [-0.05, 0) is 31.2 Å². The average Bonchev–Trinajstić information content (AvgIpc) is 2.71. The molecule has 0 aliphatic carbocycles. The molecule has 1 atom stereocenters. The predicted octanol–water partition coefficient (Wildman–Crippen LogP) is 2.38. The van der Waals surface area contributed by atoms with Crippen LogP contribution in [0.15, 0.2) is 58.5 Å². The molecule has 7 nitrogen and oxygen atoms in total. The number of amides is 1. The monoisotopic (exact) mass is 394 g/mol. The zero-order valence-electron chi connectivity index (χ0n) is 15.1. The number of nitrogens with zero attached hydrogens (tertiary/aromatic N) is 3. The van der Waals surface area contributed by atoms with Crippen molar-refractivity contribution in [2.45, 2.75) is 23.9 Å². The number of hydrogen-bond acceptors (Lipinski definition) is 6. The van der Waals surface area contributed by atoms with Gasteiger partial charge in [0.2, 0.25) is 5.91 Å². The van der Waals surface area contributed by atoms with Crippen molar-refractivity contribution in [3.63, 3.8) is 0 Å². The second kappa shape index (κ2) is 8.69. The van der Waals surface area contributed by atoms with E-state index >= 15 is 0 Å². The number of nitrogens with one attached hydrogen (secondary N) is 1. The lowest BCUT2D eigenvalue weighted by molar-refractivity contribution is -0.115. The summed E-state index contributed by atoms with van der Waals surface area (Å²) in [4.78, 5) is 29.8. The number of aliphatic hydroxyl groups is 1. The van der Waals surface area contributed by atoms with Gasteiger partial charge < -0.3 is 10.4 Å². The van der Waals surface area contributed by atoms with Crippen LogP contribution in [0.25, 0.3) is 10.9 Å². The lowest BCUT2D eigenvalue weighted by atomic mass is 10.2. The highest BCUT2D eigenvalue weighted by atomic mass is 32.2. The minimum Gasteiger partial charge on any atom is -0.395 e. The van der Waals surface area contributed by atoms with Crippen molar-refractivity contribution in [3.8, 4) is 6.07 Å². The molecule has 1 aromatic heterocycles. The molecule has 1 heterocycles. The van der Waals surface area contributed by atoms with Gasteiger partial charge in [0.1, 0.15) is 6.07 Å². The molecule has 0 saturated carbocycles. The molecule has 3 rings (SSSR count). The molecule has 0 bridgehead atoms. The predicted molar refractivity (Wildman–Crippen MR) is 108 cm³/mol. The molecule has 0 saturated heterocycles. The molecule has 28 heavy (non-hydrogen) atoms. The van der Waals surface area contributed by atoms with Gasteiger partial charge in [-0.15, -0.1) is 0 Å². The Bertz CT molecular complexity index is 1120. The summed E-state index contributed by atoms with van der Waals surface area (Å²) in [5.41, 5.74) is 1.08. The van der Waals surface area contributed by atoms with Gasteiger partial charge in [0, 0.05) is 0 Å². The van der Waals surface area contributed by atoms with Crippen LogP contribution in [0.4, 0.5) is 5.69 Å². The summed E-state index contributed by atoms with van der Waals surface area (Å²) in [6.07, 6.45) is 0. The first-order valence-electron chi connectivity index (χ1n) is 8.62. The van der Waals surface area contributed by atoms with Gasteiger partial charge in [-0.3, -0.25) is 14.2 Å². The highest BCUT2D eigenvalue weighted by Crippen LogP contribution is 2.24. The van der Waals surface area contributed by atoms with Gasteiger partial charge in [0.15, 0.2) is 5.16 Å². The summed E-state index contributed by atoms with van der Waals surface area (Å²) in [6, 6.07) is 15.7. The average molecular weight is 394 g/mol. The van der Waals surface area contributed by atoms with E-state index in [0.29, 0.717) is 27.3 Å². The zero-order valence-corrected chi connectivity index (χ0v) is 15.9. The van der Waals surface area contributed by atoms with Crippen LogP contribution in [-0.4, -0.2) is 32.4 Å². The Hall–Kier alpha value is -3.15. The molecule has 0 aliphatic rings. The van der Waals surface area contributed by atoms with Gasteiger partial charge in [0.25, 0.3) is 5.56 Å². The lowest BCUT2D eigenvalue weighted by Crippen LogP contribution is -2.28. The second-order valence-corrected chi connectivity index (χ2v) is 7.31. The molecule has 1 unspecified atom stereocenters. The standard InChI is InChI=1S/C20H18N4O3S/c1-13(18(26)22-16-8-4-2-6-14(16)12-21)28-20-23-17-9-5-3-7-15(17)19(27)24(20)10-11-25/h2-9,13,25H,10-11H2,1H3,(H,22,26). The number of fused-ring (bicyclic) bond motifs is 1. The topological polar surface area (TPSA) is 108 Å². The summed E-state index contributed by atoms with van der Waals surface area (Å²) in [5, 5.41) is 21.5. The first kappa shape index (κ1) is 19.6. The zero-order chi connectivity index (χ0) is 20.1. The maximum absolute atomic E-state index is 12.7. The highest BCUT2D eigenvalue weighted by molar-refractivity contribution is 8.00. The molecule has 142 valence electrons. The van der Waals surface area contributed by atoms with E-state index < -0.39 is 5.25 Å². The SMILES string of the molecule is CC(Sc1nc2ccccc2c(=O)n1CCO)C(=O)Nc1ccccc1C#N. The number of carbonyl (C=O) groups excluding carboxylic acids is 1. The number of para-hydroxylation sites is 2. The van der Waals surface area contributed by atoms with Crippen molar-refractivity contribution >= 4 is 34.3 Å². The van der Waals surface area contributed by atoms with Crippen LogP contribution in [0.5, 0.6) is 0 Å². The number of aromatic nitrogens is 2. The third-order valence-electron chi connectivity index (χ3n) is 4.11. The Balaban J connectivity index is 1.89. The number of benzene rings is 2. The molecule has 0 spiro atoms. The van der Waals surface area contributed by atoms with Gasteiger partial charge >= 0.3 is 0 Å². The number of rotatable bonds is 6. The van der Waals surface area contributed by atoms with E-state index in [1.54, 1.807) is 55.5 Å². The van der Waals surface area contributed by atoms with Crippen LogP contribution in [0.3, 0.4) is 0 Å². The Morgan fingerprint density at radius 2 is 2.00 bits per heavy atom. The summed E-state index contributed by atoms with van der Waals surface area (Å²) in [6.45, 7) is 1.56. The van der Waals surface area contributed by atoms with Crippen LogP contribution in [0.1, 0.15) is 12.5 Å². The Kier molecular flexibility index (Phi) is 6.09. The summed E-state index contributed by atoms with van der Waals surface area (Å²) in [7, 11) is 0. The Morgan fingerprint density at radius 3 is 2.75 bits per heavy atom. The normalized spacial score (nSPS) is 11.8. The second-order valence-electron chi connectivity index (χ2n) is 6.00. The summed E-state index contributed by atoms with van der Waals surface area (Å²) < 4.78 is 1.38. The number of thioether (sulfide) groups is 1. The Labute approximate surface area is 165 Å². The van der Waals surface area contributed by atoms with Gasteiger partial charge in [-0.25, -0.2) is 4.98 Å². The fourth-order valence-corrected chi connectivity index (χ4v) is 3.61. The largest absolute Gasteiger partial charge is 0.395 e. The van der Waals surface area contributed by atoms with Crippen molar-refractivity contribution in [2.24, 2.45) is 0 Å². The fourth-order valence-electron chi connectivity index (χ4n) is 2.67. The molecule has 3 aromatic rings. The lowest BCUT2D eigenvalue weighted by Gasteiger charge is -2.16. The maximum atomic E-state index is 12.7. The molecule has 8 heteroatoms. The third kappa shape index (κ3) is 4.06. The minimum absolute atomic E-state index is 0.0879. The number of aliphatic hydroxyl groups excluding tert-OH is 1. The van der Waals surface area contributed by atoms with Crippen molar-refractivity contribution in [3.05, 3.63) is 64.4 Å². The van der Waals surface area contributed by atoms with E-state index in [1.807, 2.05) is 6.07 Å². The van der Waals surface area contributed by atoms with Gasteiger partial charge in [-0.2, -0.15) is 5.26 Å². The smallest absolute Gasteiger partial charge is 0.262 e. The molecular weight excluding hydrogens is 376 g/mol. The fraction of sp³-hybridized carbons (Fsp3) is 0.200. The van der Waals surface area contributed by atoms with E-state index in [9.17, 15) is 14.7 Å². The molecular formula is C20H18N4O3S. The van der Waals surface area contributed by atoms with Gasteiger partial charge in [-0.1, -0.05) is 36.0 Å². The highest BCUT2D eigenvalue weighted by Gasteiger charge is 2.20. The quantitative estimate of drug-likeness (QED) is 0.491. The van der Waals surface area contributed by atoms with Crippen LogP contribution >= 0.6 is 11.8 Å². The minimum atomic E-state index is -0.579. The number of nitriles is 1. The molecule has 1 amide bonds. The number of carbonyl (C=O) groups is 1. The summed E-state index contributed by atoms with van der Waals surface area (Å²) >= 11 is 1.13. The van der Waals surface area contributed by atoms with Crippen LogP contribution < -0.4 is 10.9 Å². The van der Waals surface area contributed by atoms with Gasteiger partial charge in [0.05, 0.1) is 40.6 Å². The van der Waals surface area contributed by atoms with E-state index in [0.717, 1.165) is 11.8 Å². The van der Waals surface area contributed by atoms with Crippen LogP contribution in [0, 0.1) is 11.3 Å². The van der Waals surface area contributed by atoms with E-state index in [-0.39, 0.29) is 24.6 Å². The maximum Gasteiger partial charge on any atom is 0.262 e. The first-order valence-corrected chi connectivity index (χ1v) is 9.50. The molecule has 2 N–H and O–H groups in total. The van der Waals surface area contributed by atoms with Crippen LogP contribution in [0.2, 0.25) is 0 Å². The van der Waals surface area contributed by atoms with Crippen molar-refractivity contribution in [1.82, 2.24) is 9.55 Å². The molecule has 0 radical (unpaired) electrons. The third-order valence-corrected chi connectivity index (χ3v) is 5.20. The van der Waals surface area contributed by atoms with E-state index in [4.69, 9.17) is 5.26 Å². The number of hydrogen-bond donors (Lipinski definition) is 2. The summed E-state index contributed by atoms with van der Waals surface area (Å²) in [5.74, 6) is -0.314.